The van der Waals surface area contributed by atoms with Gasteiger partial charge in [0.25, 0.3) is 0 Å². The van der Waals surface area contributed by atoms with Gasteiger partial charge in [0.2, 0.25) is 17.6 Å². The Labute approximate surface area is 181 Å². The van der Waals surface area contributed by atoms with Gasteiger partial charge in [0.15, 0.2) is 5.78 Å². The maximum Gasteiger partial charge on any atom is 0.230 e. The molecular weight excluding hydrogens is 394 g/mol. The zero-order valence-corrected chi connectivity index (χ0v) is 17.5. The summed E-state index contributed by atoms with van der Waals surface area (Å²) in [6.07, 6.45) is 1.98. The van der Waals surface area contributed by atoms with Crippen LogP contribution in [-0.4, -0.2) is 46.9 Å². The van der Waals surface area contributed by atoms with Crippen molar-refractivity contribution in [2.45, 2.75) is 31.6 Å². The Hall–Kier alpha value is -3.48. The fourth-order valence-electron chi connectivity index (χ4n) is 3.86. The molecule has 7 heteroatoms. The van der Waals surface area contributed by atoms with Crippen LogP contribution in [0.15, 0.2) is 59.1 Å². The second-order valence-electron chi connectivity index (χ2n) is 7.60. The number of likely N-dealkylation sites (tertiary alicyclic amines) is 1. The second kappa shape index (κ2) is 9.55. The molecule has 0 atom stereocenters. The molecule has 0 aliphatic carbocycles. The van der Waals surface area contributed by atoms with E-state index in [1.54, 1.807) is 19.2 Å². The number of benzene rings is 2. The molecule has 1 fully saturated rings. The topological polar surface area (TPSA) is 85.5 Å². The number of amides is 1. The molecule has 1 aliphatic rings. The van der Waals surface area contributed by atoms with Gasteiger partial charge in [-0.15, -0.1) is 0 Å². The normalized spacial score (nSPS) is 14.4. The van der Waals surface area contributed by atoms with Crippen LogP contribution in [0.25, 0.3) is 11.4 Å². The van der Waals surface area contributed by atoms with Crippen LogP contribution in [0.5, 0.6) is 5.75 Å². The van der Waals surface area contributed by atoms with Gasteiger partial charge in [-0.3, -0.25) is 9.59 Å². The van der Waals surface area contributed by atoms with Crippen LogP contribution in [0.2, 0.25) is 0 Å². The second-order valence-corrected chi connectivity index (χ2v) is 7.60. The zero-order valence-electron chi connectivity index (χ0n) is 17.5. The Morgan fingerprint density at radius 1 is 1.03 bits per heavy atom. The summed E-state index contributed by atoms with van der Waals surface area (Å²) in [4.78, 5) is 31.2. The number of methoxy groups -OCH3 is 1. The van der Waals surface area contributed by atoms with Gasteiger partial charge in [0.1, 0.15) is 5.75 Å². The minimum Gasteiger partial charge on any atom is -0.496 e. The van der Waals surface area contributed by atoms with Crippen molar-refractivity contribution in [3.63, 3.8) is 0 Å². The standard InChI is InChI=1S/C24H25N3O4/c1-30-21-10-6-5-9-19(21)23-25-24(31-26-23)18-13-15-27(16-14-18)22(29)12-11-20(28)17-7-3-2-4-8-17/h2-10,18H,11-16H2,1H3. The highest BCUT2D eigenvalue weighted by Crippen LogP contribution is 2.31. The van der Waals surface area contributed by atoms with Crippen LogP contribution in [0, 0.1) is 0 Å². The third kappa shape index (κ3) is 4.82. The lowest BCUT2D eigenvalue weighted by Crippen LogP contribution is -2.38. The number of carbonyl (C=O) groups is 2. The monoisotopic (exact) mass is 419 g/mol. The van der Waals surface area contributed by atoms with Gasteiger partial charge in [0, 0.05) is 37.4 Å². The number of ether oxygens (including phenoxy) is 1. The molecule has 0 radical (unpaired) electrons. The number of nitrogens with zero attached hydrogens (tertiary/aromatic N) is 3. The summed E-state index contributed by atoms with van der Waals surface area (Å²) in [6, 6.07) is 16.6. The predicted octanol–water partition coefficient (Wildman–Crippen LogP) is 4.11. The van der Waals surface area contributed by atoms with Crippen LogP contribution in [0.1, 0.15) is 47.8 Å². The number of hydrogen-bond acceptors (Lipinski definition) is 6. The quantitative estimate of drug-likeness (QED) is 0.536. The maximum absolute atomic E-state index is 12.5. The lowest BCUT2D eigenvalue weighted by atomic mass is 9.96. The van der Waals surface area contributed by atoms with E-state index < -0.39 is 0 Å². The lowest BCUT2D eigenvalue weighted by molar-refractivity contribution is -0.132. The van der Waals surface area contributed by atoms with E-state index in [4.69, 9.17) is 9.26 Å². The van der Waals surface area contributed by atoms with Crippen molar-refractivity contribution in [3.8, 4) is 17.1 Å². The van der Waals surface area contributed by atoms with Crippen molar-refractivity contribution >= 4 is 11.7 Å². The molecule has 0 bridgehead atoms. The molecule has 7 nitrogen and oxygen atoms in total. The van der Waals surface area contributed by atoms with E-state index in [0.717, 1.165) is 18.4 Å². The highest BCUT2D eigenvalue weighted by molar-refractivity contribution is 5.97. The number of hydrogen-bond donors (Lipinski definition) is 0. The molecule has 160 valence electrons. The Morgan fingerprint density at radius 2 is 1.74 bits per heavy atom. The Morgan fingerprint density at radius 3 is 2.48 bits per heavy atom. The van der Waals surface area contributed by atoms with Gasteiger partial charge in [-0.05, 0) is 25.0 Å². The van der Waals surface area contributed by atoms with E-state index in [-0.39, 0.29) is 30.4 Å². The molecular formula is C24H25N3O4. The van der Waals surface area contributed by atoms with Crippen LogP contribution < -0.4 is 4.74 Å². The molecule has 1 saturated heterocycles. The van der Waals surface area contributed by atoms with Gasteiger partial charge in [0.05, 0.1) is 12.7 Å². The first kappa shape index (κ1) is 20.8. The molecule has 2 heterocycles. The fourth-order valence-corrected chi connectivity index (χ4v) is 3.86. The largest absolute Gasteiger partial charge is 0.496 e. The summed E-state index contributed by atoms with van der Waals surface area (Å²) < 4.78 is 10.9. The smallest absolute Gasteiger partial charge is 0.230 e. The minimum atomic E-state index is -0.00133. The molecule has 31 heavy (non-hydrogen) atoms. The van der Waals surface area contributed by atoms with Crippen molar-refractivity contribution < 1.29 is 18.8 Å². The van der Waals surface area contributed by atoms with E-state index in [2.05, 4.69) is 10.1 Å². The molecule has 1 aromatic heterocycles. The maximum atomic E-state index is 12.5. The van der Waals surface area contributed by atoms with Gasteiger partial charge in [-0.1, -0.05) is 47.6 Å². The fraction of sp³-hybridized carbons (Fsp3) is 0.333. The Bertz CT molecular complexity index is 1040. The first-order valence-corrected chi connectivity index (χ1v) is 10.5. The van der Waals surface area contributed by atoms with Crippen LogP contribution in [-0.2, 0) is 4.79 Å². The number of aromatic nitrogens is 2. The Kier molecular flexibility index (Phi) is 6.40. The number of ketones is 1. The van der Waals surface area contributed by atoms with E-state index >= 15 is 0 Å². The number of carbonyl (C=O) groups excluding carboxylic acids is 2. The number of para-hydroxylation sites is 1. The van der Waals surface area contributed by atoms with Crippen LogP contribution in [0.3, 0.4) is 0 Å². The van der Waals surface area contributed by atoms with E-state index in [0.29, 0.717) is 36.1 Å². The van der Waals surface area contributed by atoms with Crippen LogP contribution >= 0.6 is 0 Å². The molecule has 1 amide bonds. The summed E-state index contributed by atoms with van der Waals surface area (Å²) in [5, 5.41) is 4.12. The molecule has 3 aromatic rings. The third-order valence-electron chi connectivity index (χ3n) is 5.65. The van der Waals surface area contributed by atoms with Gasteiger partial charge in [-0.2, -0.15) is 4.98 Å². The van der Waals surface area contributed by atoms with Crippen molar-refractivity contribution in [1.29, 1.82) is 0 Å². The van der Waals surface area contributed by atoms with E-state index in [1.807, 2.05) is 47.4 Å². The molecule has 4 rings (SSSR count). The molecule has 0 unspecified atom stereocenters. The lowest BCUT2D eigenvalue weighted by Gasteiger charge is -2.30. The van der Waals surface area contributed by atoms with Crippen molar-refractivity contribution in [2.75, 3.05) is 20.2 Å². The highest BCUT2D eigenvalue weighted by atomic mass is 16.5. The van der Waals surface area contributed by atoms with Crippen molar-refractivity contribution in [1.82, 2.24) is 15.0 Å². The predicted molar refractivity (Wildman–Crippen MR) is 115 cm³/mol. The van der Waals surface area contributed by atoms with E-state index in [9.17, 15) is 9.59 Å². The number of rotatable bonds is 7. The highest BCUT2D eigenvalue weighted by Gasteiger charge is 2.28. The van der Waals surface area contributed by atoms with Crippen molar-refractivity contribution in [2.24, 2.45) is 0 Å². The third-order valence-corrected chi connectivity index (χ3v) is 5.65. The summed E-state index contributed by atoms with van der Waals surface area (Å²) in [6.45, 7) is 1.24. The average Bonchev–Trinajstić information content (AvgIpc) is 3.33. The van der Waals surface area contributed by atoms with Crippen molar-refractivity contribution in [3.05, 3.63) is 66.1 Å². The summed E-state index contributed by atoms with van der Waals surface area (Å²) >= 11 is 0. The SMILES string of the molecule is COc1ccccc1-c1noc(C2CCN(C(=O)CCC(=O)c3ccccc3)CC2)n1. The molecule has 1 aliphatic heterocycles. The molecule has 0 spiro atoms. The summed E-state index contributed by atoms with van der Waals surface area (Å²) in [5.41, 5.74) is 1.44. The Balaban J connectivity index is 1.30. The number of Topliss-reactive ketones (excluding diaryl/α,β-unsaturated/α-hetero) is 1. The van der Waals surface area contributed by atoms with E-state index in [1.165, 1.54) is 0 Å². The average molecular weight is 419 g/mol. The summed E-state index contributed by atoms with van der Waals surface area (Å²) in [5.74, 6) is 1.92. The molecule has 0 saturated carbocycles. The summed E-state index contributed by atoms with van der Waals surface area (Å²) in [7, 11) is 1.61. The van der Waals surface area contributed by atoms with Gasteiger partial charge in [-0.25, -0.2) is 0 Å². The molecule has 0 N–H and O–H groups in total. The zero-order chi connectivity index (χ0) is 21.6. The van der Waals surface area contributed by atoms with Crippen LogP contribution in [0.4, 0.5) is 0 Å². The first-order chi connectivity index (χ1) is 15.2. The van der Waals surface area contributed by atoms with Gasteiger partial charge < -0.3 is 14.2 Å². The number of piperidine rings is 1. The minimum absolute atomic E-state index is 0.00133. The first-order valence-electron chi connectivity index (χ1n) is 10.5. The molecule has 2 aromatic carbocycles. The van der Waals surface area contributed by atoms with Gasteiger partial charge >= 0.3 is 0 Å².